The third-order valence-corrected chi connectivity index (χ3v) is 17.8. The van der Waals surface area contributed by atoms with Crippen LogP contribution >= 0.6 is 15.6 Å². The zero-order valence-corrected chi connectivity index (χ0v) is 59.2. The summed E-state index contributed by atoms with van der Waals surface area (Å²) < 4.78 is 68.2. The van der Waals surface area contributed by atoms with Gasteiger partial charge in [-0.1, -0.05) is 272 Å². The van der Waals surface area contributed by atoms with Crippen LogP contribution < -0.4 is 0 Å². The van der Waals surface area contributed by atoms with Crippen LogP contribution in [0.1, 0.15) is 325 Å². The predicted molar refractivity (Wildman–Crippen MR) is 358 cm³/mol. The first kappa shape index (κ1) is 86.5. The van der Waals surface area contributed by atoms with Crippen molar-refractivity contribution in [2.45, 2.75) is 343 Å². The summed E-state index contributed by atoms with van der Waals surface area (Å²) in [4.78, 5) is 72.5. The largest absolute Gasteiger partial charge is 0.472 e. The number of rotatable bonds is 66. The molecule has 89 heavy (non-hydrogen) atoms. The lowest BCUT2D eigenvalue weighted by molar-refractivity contribution is -0.161. The topological polar surface area (TPSA) is 237 Å². The van der Waals surface area contributed by atoms with Crippen molar-refractivity contribution < 1.29 is 80.2 Å². The average Bonchev–Trinajstić information content (AvgIpc) is 3.71. The maximum absolute atomic E-state index is 13.0. The van der Waals surface area contributed by atoms with Gasteiger partial charge in [-0.3, -0.25) is 37.3 Å². The maximum atomic E-state index is 13.0. The number of aliphatic hydroxyl groups excluding tert-OH is 1. The zero-order chi connectivity index (χ0) is 65.9. The maximum Gasteiger partial charge on any atom is 0.472 e. The third kappa shape index (κ3) is 62.7. The van der Waals surface area contributed by atoms with Crippen molar-refractivity contribution in [3.05, 3.63) is 24.3 Å². The molecule has 0 radical (unpaired) electrons. The molecule has 4 unspecified atom stereocenters. The van der Waals surface area contributed by atoms with Gasteiger partial charge in [0.15, 0.2) is 12.2 Å². The molecular weight excluding hydrogens is 1170 g/mol. The number of aliphatic hydroxyl groups is 1. The quantitative estimate of drug-likeness (QED) is 0.0169. The van der Waals surface area contributed by atoms with Gasteiger partial charge in [0.1, 0.15) is 19.3 Å². The Morgan fingerprint density at radius 2 is 0.663 bits per heavy atom. The number of ether oxygens (including phenoxy) is 4. The highest BCUT2D eigenvalue weighted by Crippen LogP contribution is 2.45. The van der Waals surface area contributed by atoms with Crippen molar-refractivity contribution in [2.75, 3.05) is 39.6 Å². The number of carbonyl (C=O) groups excluding carboxylic acids is 4. The molecule has 0 amide bonds. The fourth-order valence-corrected chi connectivity index (χ4v) is 11.5. The van der Waals surface area contributed by atoms with E-state index in [9.17, 15) is 43.2 Å². The summed E-state index contributed by atoms with van der Waals surface area (Å²) in [5.74, 6) is 0.0448. The summed E-state index contributed by atoms with van der Waals surface area (Å²) in [5.41, 5.74) is 0. The molecule has 0 aromatic carbocycles. The molecular formula is C70H132O17P2. The van der Waals surface area contributed by atoms with Crippen molar-refractivity contribution in [3.8, 4) is 0 Å². The molecule has 6 atom stereocenters. The van der Waals surface area contributed by atoms with E-state index >= 15 is 0 Å². The molecule has 0 fully saturated rings. The van der Waals surface area contributed by atoms with Gasteiger partial charge in [-0.15, -0.1) is 0 Å². The molecule has 0 aliphatic carbocycles. The van der Waals surface area contributed by atoms with E-state index in [0.717, 1.165) is 127 Å². The zero-order valence-electron chi connectivity index (χ0n) is 57.4. The summed E-state index contributed by atoms with van der Waals surface area (Å²) in [5, 5.41) is 10.6. The highest BCUT2D eigenvalue weighted by atomic mass is 31.2. The summed E-state index contributed by atoms with van der Waals surface area (Å²) in [6.07, 6.45) is 46.7. The van der Waals surface area contributed by atoms with Crippen molar-refractivity contribution in [1.82, 2.24) is 0 Å². The summed E-state index contributed by atoms with van der Waals surface area (Å²) >= 11 is 0. The van der Waals surface area contributed by atoms with Crippen LogP contribution in [0, 0.1) is 17.8 Å². The van der Waals surface area contributed by atoms with Gasteiger partial charge in [0.25, 0.3) is 0 Å². The van der Waals surface area contributed by atoms with Crippen LogP contribution in [0.3, 0.4) is 0 Å². The summed E-state index contributed by atoms with van der Waals surface area (Å²) in [6.45, 7) is 11.7. The number of phosphoric acid groups is 2. The number of carbonyl (C=O) groups is 4. The molecule has 0 aliphatic rings. The van der Waals surface area contributed by atoms with E-state index in [1.807, 2.05) is 0 Å². The second kappa shape index (κ2) is 60.5. The van der Waals surface area contributed by atoms with Crippen molar-refractivity contribution in [1.29, 1.82) is 0 Å². The van der Waals surface area contributed by atoms with Crippen LogP contribution in [0.5, 0.6) is 0 Å². The summed E-state index contributed by atoms with van der Waals surface area (Å²) in [6, 6.07) is 0. The van der Waals surface area contributed by atoms with Gasteiger partial charge in [-0.25, -0.2) is 9.13 Å². The van der Waals surface area contributed by atoms with Gasteiger partial charge in [-0.2, -0.15) is 0 Å². The summed E-state index contributed by atoms with van der Waals surface area (Å²) in [7, 11) is -9.91. The molecule has 0 saturated heterocycles. The van der Waals surface area contributed by atoms with E-state index in [-0.39, 0.29) is 25.7 Å². The Bertz CT molecular complexity index is 1840. The van der Waals surface area contributed by atoms with Crippen LogP contribution in [0.25, 0.3) is 0 Å². The molecule has 0 heterocycles. The molecule has 0 spiro atoms. The van der Waals surface area contributed by atoms with E-state index < -0.39 is 97.5 Å². The monoisotopic (exact) mass is 1310 g/mol. The molecule has 17 nitrogen and oxygen atoms in total. The van der Waals surface area contributed by atoms with Gasteiger partial charge in [-0.05, 0) is 69.1 Å². The number of phosphoric ester groups is 2. The first-order chi connectivity index (χ1) is 42.8. The molecule has 0 saturated carbocycles. The number of hydrogen-bond acceptors (Lipinski definition) is 15. The highest BCUT2D eigenvalue weighted by Gasteiger charge is 2.30. The molecule has 524 valence electrons. The second-order valence-corrected chi connectivity index (χ2v) is 28.7. The third-order valence-electron chi connectivity index (χ3n) is 15.9. The van der Waals surface area contributed by atoms with E-state index in [1.165, 1.54) is 109 Å². The lowest BCUT2D eigenvalue weighted by Crippen LogP contribution is -2.30. The minimum absolute atomic E-state index is 0.0978. The molecule has 0 aromatic rings. The lowest BCUT2D eigenvalue weighted by atomic mass is 9.99. The predicted octanol–water partition coefficient (Wildman–Crippen LogP) is 19.4. The highest BCUT2D eigenvalue weighted by molar-refractivity contribution is 7.47. The SMILES string of the molecule is CCCCCC/C=C\C=C/CCCCCCCC(=O)OC[C@H](COP(=O)(O)OCC(O)COP(=O)(O)OC[C@@H](COC(=O)CCCCCCCCCC(C)C)OC(=O)CCCCCCCCCCC(C)CC)OC(=O)CCCCCCCCCCCC(C)C. The van der Waals surface area contributed by atoms with Gasteiger partial charge >= 0.3 is 39.5 Å². The molecule has 3 N–H and O–H groups in total. The fourth-order valence-electron chi connectivity index (χ4n) is 9.97. The first-order valence-electron chi connectivity index (χ1n) is 35.7. The average molecular weight is 1310 g/mol. The van der Waals surface area contributed by atoms with E-state index in [4.69, 9.17) is 37.0 Å². The number of allylic oxidation sites excluding steroid dienone is 4. The Morgan fingerprint density at radius 3 is 1.00 bits per heavy atom. The molecule has 0 rings (SSSR count). The lowest BCUT2D eigenvalue weighted by Gasteiger charge is -2.21. The van der Waals surface area contributed by atoms with Crippen molar-refractivity contribution >= 4 is 39.5 Å². The first-order valence-corrected chi connectivity index (χ1v) is 38.7. The van der Waals surface area contributed by atoms with Gasteiger partial charge in [0, 0.05) is 25.7 Å². The Morgan fingerprint density at radius 1 is 0.371 bits per heavy atom. The smallest absolute Gasteiger partial charge is 0.462 e. The van der Waals surface area contributed by atoms with E-state index in [0.29, 0.717) is 31.6 Å². The normalized spacial score (nSPS) is 14.7. The number of unbranched alkanes of at least 4 members (excludes halogenated alkanes) is 30. The molecule has 0 bridgehead atoms. The minimum atomic E-state index is -4.96. The minimum Gasteiger partial charge on any atom is -0.462 e. The molecule has 0 aliphatic heterocycles. The van der Waals surface area contributed by atoms with Crippen molar-refractivity contribution in [3.63, 3.8) is 0 Å². The van der Waals surface area contributed by atoms with Crippen LogP contribution in [0.2, 0.25) is 0 Å². The van der Waals surface area contributed by atoms with Crippen LogP contribution in [0.4, 0.5) is 0 Å². The Balaban J connectivity index is 5.29. The number of hydrogen-bond donors (Lipinski definition) is 3. The van der Waals surface area contributed by atoms with E-state index in [1.54, 1.807) is 0 Å². The van der Waals surface area contributed by atoms with E-state index in [2.05, 4.69) is 72.8 Å². The van der Waals surface area contributed by atoms with Gasteiger partial charge in [0.05, 0.1) is 26.4 Å². The fraction of sp³-hybridized carbons (Fsp3) is 0.886. The Kier molecular flexibility index (Phi) is 58.8. The van der Waals surface area contributed by atoms with Crippen LogP contribution in [-0.4, -0.2) is 96.7 Å². The van der Waals surface area contributed by atoms with Gasteiger partial charge in [0.2, 0.25) is 0 Å². The second-order valence-electron chi connectivity index (χ2n) is 25.8. The van der Waals surface area contributed by atoms with Crippen LogP contribution in [0.15, 0.2) is 24.3 Å². The standard InChI is InChI=1S/C70H132O17P2/c1-8-10-11-12-13-14-15-16-17-18-19-22-30-37-44-51-67(72)80-57-65(86-69(74)53-46-39-31-23-20-21-27-34-41-48-61(3)4)59-84-88(76,77)82-55-64(71)56-83-89(78,79)85-60-66(58-81-68(73)52-45-38-33-26-28-35-42-49-62(5)6)87-70(75)54-47-40-32-25-24-29-36-43-50-63(7)9-2/h14-17,61-66,71H,8-13,18-60H2,1-7H3,(H,76,77)(H,78,79)/b15-14-,17-16-/t63?,64?,65-,66-/m1/s1. The van der Waals surface area contributed by atoms with Gasteiger partial charge < -0.3 is 33.8 Å². The Hall–Kier alpha value is -2.46. The Labute approximate surface area is 542 Å². The van der Waals surface area contributed by atoms with Crippen LogP contribution in [-0.2, 0) is 65.4 Å². The molecule has 0 aromatic heterocycles. The van der Waals surface area contributed by atoms with Crippen molar-refractivity contribution in [2.24, 2.45) is 17.8 Å². The molecule has 19 heteroatoms. The number of esters is 4.